The van der Waals surface area contributed by atoms with Crippen molar-refractivity contribution in [1.82, 2.24) is 9.88 Å². The summed E-state index contributed by atoms with van der Waals surface area (Å²) >= 11 is 0. The third-order valence-corrected chi connectivity index (χ3v) is 2.73. The molecule has 1 rings (SSSR count). The molecular formula is C13H23N3O2. The lowest BCUT2D eigenvalue weighted by atomic mass is 10.1. The van der Waals surface area contributed by atoms with Gasteiger partial charge in [0.05, 0.1) is 11.8 Å². The van der Waals surface area contributed by atoms with E-state index in [0.717, 1.165) is 0 Å². The van der Waals surface area contributed by atoms with Crippen molar-refractivity contribution < 1.29 is 9.90 Å². The molecule has 0 saturated carbocycles. The molecule has 0 aliphatic rings. The number of nitrogens with two attached hydrogens (primary N) is 1. The van der Waals surface area contributed by atoms with Gasteiger partial charge in [-0.05, 0) is 25.3 Å². The van der Waals surface area contributed by atoms with Gasteiger partial charge in [0.1, 0.15) is 5.69 Å². The number of aryl methyl sites for hydroxylation is 1. The maximum Gasteiger partial charge on any atom is 0.268 e. The van der Waals surface area contributed by atoms with Crippen LogP contribution in [0.15, 0.2) is 12.3 Å². The molecule has 4 N–H and O–H groups in total. The van der Waals surface area contributed by atoms with Crippen LogP contribution in [0, 0.1) is 5.92 Å². The number of nitrogens with one attached hydrogen (secondary N) is 1. The summed E-state index contributed by atoms with van der Waals surface area (Å²) in [7, 11) is 0. The van der Waals surface area contributed by atoms with Crippen molar-refractivity contribution in [3.05, 3.63) is 18.0 Å². The minimum atomic E-state index is -0.503. The molecular weight excluding hydrogens is 230 g/mol. The van der Waals surface area contributed by atoms with Crippen LogP contribution in [0.4, 0.5) is 5.69 Å². The van der Waals surface area contributed by atoms with Crippen LogP contribution in [0.2, 0.25) is 0 Å². The van der Waals surface area contributed by atoms with Gasteiger partial charge in [0, 0.05) is 19.3 Å². The first-order chi connectivity index (χ1) is 8.43. The van der Waals surface area contributed by atoms with Crippen LogP contribution in [0.3, 0.4) is 0 Å². The number of hydrogen-bond donors (Lipinski definition) is 3. The van der Waals surface area contributed by atoms with Crippen LogP contribution in [-0.4, -0.2) is 28.2 Å². The maximum atomic E-state index is 11.9. The fourth-order valence-electron chi connectivity index (χ4n) is 1.91. The summed E-state index contributed by atoms with van der Waals surface area (Å²) < 4.78 is 1.79. The van der Waals surface area contributed by atoms with Crippen LogP contribution in [0.5, 0.6) is 0 Å². The van der Waals surface area contributed by atoms with Crippen molar-refractivity contribution in [2.75, 3.05) is 12.3 Å². The average Bonchev–Trinajstić information content (AvgIpc) is 2.66. The number of carbonyl (C=O) groups is 1. The predicted molar refractivity (Wildman–Crippen MR) is 72.3 cm³/mol. The van der Waals surface area contributed by atoms with Gasteiger partial charge in [-0.3, -0.25) is 4.79 Å². The number of rotatable bonds is 6. The van der Waals surface area contributed by atoms with E-state index >= 15 is 0 Å². The number of carbonyl (C=O) groups excluding carboxylic acids is 1. The van der Waals surface area contributed by atoms with Crippen LogP contribution in [0.25, 0.3) is 0 Å². The quantitative estimate of drug-likeness (QED) is 0.713. The Morgan fingerprint density at radius 1 is 1.56 bits per heavy atom. The molecule has 1 heterocycles. The molecule has 1 aromatic rings. The summed E-state index contributed by atoms with van der Waals surface area (Å²) in [5.74, 6) is 0.211. The van der Waals surface area contributed by atoms with Gasteiger partial charge in [-0.15, -0.1) is 0 Å². The fourth-order valence-corrected chi connectivity index (χ4v) is 1.91. The molecule has 0 bridgehead atoms. The standard InChI is InChI=1S/C13H23N3O2/c1-4-16-8-10(14)6-12(16)13(18)15-7-11(17)5-9(2)3/h6,8-9,11,17H,4-5,7,14H2,1-3H3,(H,15,18). The van der Waals surface area contributed by atoms with Crippen molar-refractivity contribution in [3.8, 4) is 0 Å². The largest absolute Gasteiger partial charge is 0.397 e. The number of anilines is 1. The third kappa shape index (κ3) is 4.07. The van der Waals surface area contributed by atoms with Gasteiger partial charge in [0.2, 0.25) is 0 Å². The highest BCUT2D eigenvalue weighted by Crippen LogP contribution is 2.10. The molecule has 18 heavy (non-hydrogen) atoms. The molecule has 5 heteroatoms. The summed E-state index contributed by atoms with van der Waals surface area (Å²) in [6.45, 7) is 6.98. The molecule has 1 aromatic heterocycles. The molecule has 1 atom stereocenters. The molecule has 0 spiro atoms. The molecule has 0 fully saturated rings. The van der Waals surface area contributed by atoms with Crippen LogP contribution >= 0.6 is 0 Å². The summed E-state index contributed by atoms with van der Waals surface area (Å²) in [6, 6.07) is 1.65. The minimum absolute atomic E-state index is 0.198. The monoisotopic (exact) mass is 253 g/mol. The summed E-state index contributed by atoms with van der Waals surface area (Å²) in [4.78, 5) is 11.9. The SMILES string of the molecule is CCn1cc(N)cc1C(=O)NCC(O)CC(C)C. The van der Waals surface area contributed by atoms with E-state index in [4.69, 9.17) is 5.73 Å². The Hall–Kier alpha value is -1.49. The van der Waals surface area contributed by atoms with Gasteiger partial charge in [0.15, 0.2) is 0 Å². The van der Waals surface area contributed by atoms with Crippen LogP contribution in [0.1, 0.15) is 37.7 Å². The van der Waals surface area contributed by atoms with E-state index in [-0.39, 0.29) is 12.5 Å². The van der Waals surface area contributed by atoms with Crippen molar-refractivity contribution in [2.24, 2.45) is 5.92 Å². The fraction of sp³-hybridized carbons (Fsp3) is 0.615. The zero-order valence-electron chi connectivity index (χ0n) is 11.3. The smallest absolute Gasteiger partial charge is 0.268 e. The minimum Gasteiger partial charge on any atom is -0.397 e. The van der Waals surface area contributed by atoms with E-state index in [9.17, 15) is 9.90 Å². The Bertz CT molecular complexity index is 399. The first-order valence-corrected chi connectivity index (χ1v) is 6.36. The Kier molecular flexibility index (Phi) is 5.22. The number of nitrogens with zero attached hydrogens (tertiary/aromatic N) is 1. The Balaban J connectivity index is 2.54. The van der Waals surface area contributed by atoms with Crippen molar-refractivity contribution in [1.29, 1.82) is 0 Å². The van der Waals surface area contributed by atoms with Gasteiger partial charge in [-0.25, -0.2) is 0 Å². The Labute approximate surface area is 108 Å². The highest BCUT2D eigenvalue weighted by molar-refractivity contribution is 5.93. The predicted octanol–water partition coefficient (Wildman–Crippen LogP) is 1.23. The van der Waals surface area contributed by atoms with E-state index < -0.39 is 6.10 Å². The second kappa shape index (κ2) is 6.44. The average molecular weight is 253 g/mol. The molecule has 1 unspecified atom stereocenters. The van der Waals surface area contributed by atoms with Crippen LogP contribution < -0.4 is 11.1 Å². The first-order valence-electron chi connectivity index (χ1n) is 6.36. The number of aliphatic hydroxyl groups is 1. The zero-order chi connectivity index (χ0) is 13.7. The van der Waals surface area contributed by atoms with Gasteiger partial charge < -0.3 is 20.7 Å². The lowest BCUT2D eigenvalue weighted by Crippen LogP contribution is -2.33. The highest BCUT2D eigenvalue weighted by Gasteiger charge is 2.14. The van der Waals surface area contributed by atoms with Crippen LogP contribution in [-0.2, 0) is 6.54 Å². The zero-order valence-corrected chi connectivity index (χ0v) is 11.3. The summed E-state index contributed by atoms with van der Waals surface area (Å²) in [6.07, 6.45) is 1.91. The lowest BCUT2D eigenvalue weighted by molar-refractivity contribution is 0.0891. The van der Waals surface area contributed by atoms with E-state index in [0.29, 0.717) is 30.3 Å². The number of aromatic nitrogens is 1. The molecule has 1 amide bonds. The molecule has 0 saturated heterocycles. The molecule has 0 aliphatic heterocycles. The number of amides is 1. The van der Waals surface area contributed by atoms with Gasteiger partial charge in [-0.1, -0.05) is 13.8 Å². The van der Waals surface area contributed by atoms with E-state index in [1.165, 1.54) is 0 Å². The highest BCUT2D eigenvalue weighted by atomic mass is 16.3. The molecule has 102 valence electrons. The Morgan fingerprint density at radius 3 is 2.78 bits per heavy atom. The van der Waals surface area contributed by atoms with Crippen molar-refractivity contribution in [2.45, 2.75) is 39.8 Å². The topological polar surface area (TPSA) is 80.3 Å². The number of nitrogen functional groups attached to an aromatic ring is 1. The van der Waals surface area contributed by atoms with Gasteiger partial charge >= 0.3 is 0 Å². The maximum absolute atomic E-state index is 11.9. The Morgan fingerprint density at radius 2 is 2.22 bits per heavy atom. The summed E-state index contributed by atoms with van der Waals surface area (Å²) in [5, 5.41) is 12.4. The third-order valence-electron chi connectivity index (χ3n) is 2.73. The number of hydrogen-bond acceptors (Lipinski definition) is 3. The molecule has 0 aromatic carbocycles. The lowest BCUT2D eigenvalue weighted by Gasteiger charge is -2.14. The van der Waals surface area contributed by atoms with Crippen molar-refractivity contribution in [3.63, 3.8) is 0 Å². The van der Waals surface area contributed by atoms with E-state index in [1.807, 2.05) is 20.8 Å². The summed E-state index contributed by atoms with van der Waals surface area (Å²) in [5.41, 5.74) is 6.77. The van der Waals surface area contributed by atoms with E-state index in [2.05, 4.69) is 5.32 Å². The number of aliphatic hydroxyl groups excluding tert-OH is 1. The molecule has 0 aliphatic carbocycles. The second-order valence-electron chi connectivity index (χ2n) is 4.94. The first kappa shape index (κ1) is 14.6. The normalized spacial score (nSPS) is 12.7. The van der Waals surface area contributed by atoms with Gasteiger partial charge in [-0.2, -0.15) is 0 Å². The van der Waals surface area contributed by atoms with E-state index in [1.54, 1.807) is 16.8 Å². The molecule has 5 nitrogen and oxygen atoms in total. The second-order valence-corrected chi connectivity index (χ2v) is 4.94. The molecule has 0 radical (unpaired) electrons. The van der Waals surface area contributed by atoms with Gasteiger partial charge in [0.25, 0.3) is 5.91 Å². The van der Waals surface area contributed by atoms with Crippen molar-refractivity contribution >= 4 is 11.6 Å².